The summed E-state index contributed by atoms with van der Waals surface area (Å²) in [5, 5.41) is 2.23. The SMILES string of the molecule is FC(F)(F)c1nc2c(NC3CCC(N4CCOCC4)CC3)nc(Cl)nc2s1. The zero-order valence-corrected chi connectivity index (χ0v) is 16.0. The molecule has 6 nitrogen and oxygen atoms in total. The molecule has 1 aliphatic carbocycles. The van der Waals surface area contributed by atoms with Crippen LogP contribution in [0.1, 0.15) is 30.7 Å². The van der Waals surface area contributed by atoms with E-state index in [9.17, 15) is 13.2 Å². The fraction of sp³-hybridized carbons (Fsp3) is 0.688. The monoisotopic (exact) mass is 421 g/mol. The van der Waals surface area contributed by atoms with Crippen molar-refractivity contribution in [3.8, 4) is 0 Å². The second kappa shape index (κ2) is 7.65. The summed E-state index contributed by atoms with van der Waals surface area (Å²) in [5.74, 6) is 0.284. The number of anilines is 1. The van der Waals surface area contributed by atoms with E-state index in [0.717, 1.165) is 52.0 Å². The van der Waals surface area contributed by atoms with Gasteiger partial charge in [0.15, 0.2) is 10.6 Å². The fourth-order valence-electron chi connectivity index (χ4n) is 3.74. The molecule has 2 fully saturated rings. The lowest BCUT2D eigenvalue weighted by molar-refractivity contribution is -0.137. The van der Waals surface area contributed by atoms with E-state index >= 15 is 0 Å². The number of fused-ring (bicyclic) bond motifs is 1. The summed E-state index contributed by atoms with van der Waals surface area (Å²) in [6, 6.07) is 0.671. The van der Waals surface area contributed by atoms with E-state index in [4.69, 9.17) is 16.3 Å². The number of hydrogen-bond donors (Lipinski definition) is 1. The molecule has 1 saturated carbocycles. The van der Waals surface area contributed by atoms with Crippen molar-refractivity contribution in [1.82, 2.24) is 19.9 Å². The number of morpholine rings is 1. The summed E-state index contributed by atoms with van der Waals surface area (Å²) in [7, 11) is 0. The third kappa shape index (κ3) is 4.28. The number of halogens is 4. The molecule has 1 N–H and O–H groups in total. The largest absolute Gasteiger partial charge is 0.443 e. The van der Waals surface area contributed by atoms with E-state index in [1.54, 1.807) is 0 Å². The third-order valence-electron chi connectivity index (χ3n) is 5.07. The van der Waals surface area contributed by atoms with E-state index in [0.29, 0.717) is 17.4 Å². The number of hydrogen-bond acceptors (Lipinski definition) is 7. The van der Waals surface area contributed by atoms with Gasteiger partial charge in [-0.1, -0.05) is 11.3 Å². The van der Waals surface area contributed by atoms with Crippen LogP contribution in [0.3, 0.4) is 0 Å². The Labute approximate surface area is 163 Å². The van der Waals surface area contributed by atoms with E-state index < -0.39 is 11.2 Å². The summed E-state index contributed by atoms with van der Waals surface area (Å²) in [6.07, 6.45) is -0.608. The van der Waals surface area contributed by atoms with Gasteiger partial charge in [0.2, 0.25) is 10.3 Å². The highest BCUT2D eigenvalue weighted by Crippen LogP contribution is 2.37. The number of nitrogens with zero attached hydrogens (tertiary/aromatic N) is 4. The van der Waals surface area contributed by atoms with Gasteiger partial charge in [0.1, 0.15) is 5.52 Å². The molecule has 148 valence electrons. The van der Waals surface area contributed by atoms with Gasteiger partial charge < -0.3 is 10.1 Å². The van der Waals surface area contributed by atoms with Crippen LogP contribution in [0, 0.1) is 0 Å². The average Bonchev–Trinajstić information content (AvgIpc) is 3.08. The van der Waals surface area contributed by atoms with E-state index in [1.807, 2.05) is 0 Å². The molecular formula is C16H19ClF3N5OS. The van der Waals surface area contributed by atoms with E-state index in [2.05, 4.69) is 25.2 Å². The first-order valence-electron chi connectivity index (χ1n) is 8.90. The molecule has 3 heterocycles. The van der Waals surface area contributed by atoms with Gasteiger partial charge in [-0.2, -0.15) is 18.2 Å². The van der Waals surface area contributed by atoms with E-state index in [1.165, 1.54) is 0 Å². The van der Waals surface area contributed by atoms with Gasteiger partial charge in [-0.15, -0.1) is 0 Å². The molecule has 2 aliphatic rings. The molecule has 0 aromatic carbocycles. The van der Waals surface area contributed by atoms with Gasteiger partial charge >= 0.3 is 6.18 Å². The van der Waals surface area contributed by atoms with Crippen molar-refractivity contribution in [3.05, 3.63) is 10.3 Å². The molecular weight excluding hydrogens is 403 g/mol. The first-order valence-corrected chi connectivity index (χ1v) is 10.1. The smallest absolute Gasteiger partial charge is 0.379 e. The van der Waals surface area contributed by atoms with Crippen LogP contribution in [0.2, 0.25) is 5.28 Å². The van der Waals surface area contributed by atoms with Crippen molar-refractivity contribution in [1.29, 1.82) is 0 Å². The second-order valence-corrected chi connectivity index (χ2v) is 8.13. The first-order chi connectivity index (χ1) is 12.9. The van der Waals surface area contributed by atoms with Crippen molar-refractivity contribution >= 4 is 39.1 Å². The molecule has 1 aliphatic heterocycles. The molecule has 0 spiro atoms. The molecule has 0 unspecified atom stereocenters. The fourth-order valence-corrected chi connectivity index (χ4v) is 4.77. The van der Waals surface area contributed by atoms with Crippen molar-refractivity contribution in [3.63, 3.8) is 0 Å². The Morgan fingerprint density at radius 1 is 1.07 bits per heavy atom. The number of nitrogens with one attached hydrogen (secondary N) is 1. The summed E-state index contributed by atoms with van der Waals surface area (Å²) in [4.78, 5) is 14.3. The van der Waals surface area contributed by atoms with Crippen LogP contribution >= 0.6 is 22.9 Å². The summed E-state index contributed by atoms with van der Waals surface area (Å²) < 4.78 is 44.3. The van der Waals surface area contributed by atoms with Gasteiger partial charge in [-0.3, -0.25) is 4.90 Å². The van der Waals surface area contributed by atoms with Crippen molar-refractivity contribution in [2.75, 3.05) is 31.6 Å². The predicted octanol–water partition coefficient (Wildman–Crippen LogP) is 3.81. The maximum absolute atomic E-state index is 13.0. The molecule has 0 atom stereocenters. The highest BCUT2D eigenvalue weighted by Gasteiger charge is 2.36. The molecule has 0 bridgehead atoms. The Morgan fingerprint density at radius 2 is 1.78 bits per heavy atom. The summed E-state index contributed by atoms with van der Waals surface area (Å²) in [6.45, 7) is 3.48. The van der Waals surface area contributed by atoms with Crippen LogP contribution in [0.25, 0.3) is 10.3 Å². The van der Waals surface area contributed by atoms with Gasteiger partial charge in [-0.05, 0) is 37.3 Å². The number of thiazole rings is 1. The minimum Gasteiger partial charge on any atom is -0.379 e. The lowest BCUT2D eigenvalue weighted by atomic mass is 9.90. The summed E-state index contributed by atoms with van der Waals surface area (Å²) in [5.41, 5.74) is 0.132. The summed E-state index contributed by atoms with van der Waals surface area (Å²) >= 11 is 6.39. The van der Waals surface area contributed by atoms with Crippen LogP contribution in [0.15, 0.2) is 0 Å². The second-order valence-electron chi connectivity index (χ2n) is 6.81. The Bertz CT molecular complexity index is 803. The Kier molecular flexibility index (Phi) is 5.41. The Hall–Kier alpha value is -1.23. The van der Waals surface area contributed by atoms with Crippen LogP contribution < -0.4 is 5.32 Å². The van der Waals surface area contributed by atoms with Crippen molar-refractivity contribution < 1.29 is 17.9 Å². The first kappa shape index (κ1) is 19.1. The van der Waals surface area contributed by atoms with Crippen LogP contribution in [-0.2, 0) is 10.9 Å². The minimum absolute atomic E-state index is 0.0793. The Morgan fingerprint density at radius 3 is 2.44 bits per heavy atom. The van der Waals surface area contributed by atoms with Crippen LogP contribution in [0.4, 0.5) is 19.0 Å². The molecule has 0 radical (unpaired) electrons. The normalized spacial score (nSPS) is 25.0. The molecule has 11 heteroatoms. The molecule has 0 amide bonds. The topological polar surface area (TPSA) is 63.2 Å². The maximum atomic E-state index is 13.0. The predicted molar refractivity (Wildman–Crippen MR) is 97.3 cm³/mol. The Balaban J connectivity index is 1.46. The van der Waals surface area contributed by atoms with Gasteiger partial charge in [0, 0.05) is 25.2 Å². The van der Waals surface area contributed by atoms with Crippen molar-refractivity contribution in [2.45, 2.75) is 43.9 Å². The molecule has 1 saturated heterocycles. The quantitative estimate of drug-likeness (QED) is 0.760. The van der Waals surface area contributed by atoms with Gasteiger partial charge in [-0.25, -0.2) is 9.97 Å². The highest BCUT2D eigenvalue weighted by molar-refractivity contribution is 7.18. The van der Waals surface area contributed by atoms with Gasteiger partial charge in [0.25, 0.3) is 0 Å². The third-order valence-corrected chi connectivity index (χ3v) is 6.24. The zero-order valence-electron chi connectivity index (χ0n) is 14.4. The molecule has 2 aromatic heterocycles. The van der Waals surface area contributed by atoms with Gasteiger partial charge in [0.05, 0.1) is 13.2 Å². The number of rotatable bonds is 3. The minimum atomic E-state index is -4.51. The van der Waals surface area contributed by atoms with Crippen molar-refractivity contribution in [2.24, 2.45) is 0 Å². The number of alkyl halides is 3. The average molecular weight is 422 g/mol. The number of ether oxygens (including phenoxy) is 1. The van der Waals surface area contributed by atoms with E-state index in [-0.39, 0.29) is 27.5 Å². The lowest BCUT2D eigenvalue weighted by Crippen LogP contribution is -2.46. The molecule has 4 rings (SSSR count). The maximum Gasteiger partial charge on any atom is 0.443 e. The van der Waals surface area contributed by atoms with Crippen LogP contribution in [0.5, 0.6) is 0 Å². The number of aromatic nitrogens is 3. The highest BCUT2D eigenvalue weighted by atomic mass is 35.5. The zero-order chi connectivity index (χ0) is 19.0. The standard InChI is InChI=1S/C16H19ClF3N5OS/c17-15-23-12(11-13(24-15)27-14(22-11)16(18,19)20)21-9-1-3-10(4-2-9)25-5-7-26-8-6-25/h9-10H,1-8H2,(H,21,23,24). The molecule has 2 aromatic rings. The van der Waals surface area contributed by atoms with Crippen LogP contribution in [-0.4, -0.2) is 58.2 Å². The lowest BCUT2D eigenvalue weighted by Gasteiger charge is -2.39. The molecule has 27 heavy (non-hydrogen) atoms.